The van der Waals surface area contributed by atoms with E-state index >= 15 is 0 Å². The molecular weight excluding hydrogens is 198 g/mol. The fourth-order valence-electron chi connectivity index (χ4n) is 2.33. The summed E-state index contributed by atoms with van der Waals surface area (Å²) in [6, 6.07) is 0. The Balaban J connectivity index is 2.72. The van der Waals surface area contributed by atoms with Crippen LogP contribution in [-0.4, -0.2) is 11.6 Å². The van der Waals surface area contributed by atoms with E-state index < -0.39 is 0 Å². The molecule has 0 bridgehead atoms. The van der Waals surface area contributed by atoms with Gasteiger partial charge in [0.15, 0.2) is 0 Å². The molecule has 2 heteroatoms. The summed E-state index contributed by atoms with van der Waals surface area (Å²) in [5.41, 5.74) is 3.90. The summed E-state index contributed by atoms with van der Waals surface area (Å²) in [5, 5.41) is 0. The fourth-order valence-corrected chi connectivity index (χ4v) is 2.33. The maximum absolute atomic E-state index is 5.82. The third kappa shape index (κ3) is 1.60. The first kappa shape index (κ1) is 11.4. The Morgan fingerprint density at radius 2 is 1.94 bits per heavy atom. The number of aryl methyl sites for hydroxylation is 1. The summed E-state index contributed by atoms with van der Waals surface area (Å²) in [6.45, 7) is 14.0. The van der Waals surface area contributed by atoms with Crippen LogP contribution in [0.1, 0.15) is 51.4 Å². The molecule has 0 radical (unpaired) electrons. The second kappa shape index (κ2) is 3.22. The van der Waals surface area contributed by atoms with Gasteiger partial charge in [-0.05, 0) is 17.9 Å². The lowest BCUT2D eigenvalue weighted by Gasteiger charge is -2.27. The highest BCUT2D eigenvalue weighted by Gasteiger charge is 2.38. The van der Waals surface area contributed by atoms with Crippen LogP contribution in [0.3, 0.4) is 0 Å². The number of rotatable bonds is 0. The number of pyridine rings is 1. The fraction of sp³-hybridized carbons (Fsp3) is 0.643. The molecule has 1 aromatic heterocycles. The van der Waals surface area contributed by atoms with Gasteiger partial charge in [-0.15, -0.1) is 0 Å². The van der Waals surface area contributed by atoms with E-state index in [9.17, 15) is 0 Å². The van der Waals surface area contributed by atoms with Crippen molar-refractivity contribution < 1.29 is 4.74 Å². The minimum absolute atomic E-state index is 0.103. The summed E-state index contributed by atoms with van der Waals surface area (Å²) >= 11 is 0. The Labute approximate surface area is 98.0 Å². The molecule has 2 rings (SSSR count). The van der Waals surface area contributed by atoms with Gasteiger partial charge in [0, 0.05) is 17.2 Å². The molecule has 0 aromatic carbocycles. The van der Waals surface area contributed by atoms with Crippen molar-refractivity contribution in [3.05, 3.63) is 23.0 Å². The number of aromatic nitrogens is 1. The van der Waals surface area contributed by atoms with Crippen LogP contribution in [0.25, 0.3) is 0 Å². The average Bonchev–Trinajstić information content (AvgIpc) is 2.42. The van der Waals surface area contributed by atoms with Crippen molar-refractivity contribution in [1.29, 1.82) is 0 Å². The molecule has 0 fully saturated rings. The lowest BCUT2D eigenvalue weighted by Crippen LogP contribution is -2.24. The Kier molecular flexibility index (Phi) is 2.30. The molecule has 16 heavy (non-hydrogen) atoms. The first-order valence-corrected chi connectivity index (χ1v) is 5.87. The van der Waals surface area contributed by atoms with Crippen molar-refractivity contribution in [2.75, 3.05) is 6.61 Å². The van der Waals surface area contributed by atoms with Crippen LogP contribution >= 0.6 is 0 Å². The quantitative estimate of drug-likeness (QED) is 0.667. The van der Waals surface area contributed by atoms with E-state index in [4.69, 9.17) is 4.74 Å². The van der Waals surface area contributed by atoms with E-state index in [0.717, 1.165) is 18.1 Å². The average molecular weight is 219 g/mol. The van der Waals surface area contributed by atoms with Crippen molar-refractivity contribution in [3.8, 4) is 5.75 Å². The second-order valence-corrected chi connectivity index (χ2v) is 6.38. The molecule has 0 atom stereocenters. The van der Waals surface area contributed by atoms with Crippen LogP contribution in [0, 0.1) is 6.92 Å². The Bertz CT molecular complexity index is 427. The van der Waals surface area contributed by atoms with Gasteiger partial charge < -0.3 is 4.74 Å². The summed E-state index contributed by atoms with van der Waals surface area (Å²) in [7, 11) is 0. The van der Waals surface area contributed by atoms with E-state index in [1.54, 1.807) is 0 Å². The number of fused-ring (bicyclic) bond motifs is 1. The largest absolute Gasteiger partial charge is 0.490 e. The Morgan fingerprint density at radius 1 is 1.31 bits per heavy atom. The first-order chi connectivity index (χ1) is 7.23. The Morgan fingerprint density at radius 3 is 2.50 bits per heavy atom. The molecule has 0 saturated heterocycles. The molecule has 1 aliphatic heterocycles. The second-order valence-electron chi connectivity index (χ2n) is 6.38. The highest BCUT2D eigenvalue weighted by molar-refractivity contribution is 5.51. The van der Waals surface area contributed by atoms with Gasteiger partial charge in [0.05, 0.1) is 12.3 Å². The normalized spacial score (nSPS) is 18.1. The molecule has 1 aliphatic rings. The molecular formula is C14H21NO. The predicted octanol–water partition coefficient (Wildman–Crippen LogP) is 3.36. The van der Waals surface area contributed by atoms with Gasteiger partial charge in [0.1, 0.15) is 5.75 Å². The van der Waals surface area contributed by atoms with Crippen molar-refractivity contribution in [3.63, 3.8) is 0 Å². The third-order valence-electron chi connectivity index (χ3n) is 3.27. The summed E-state index contributed by atoms with van der Waals surface area (Å²) in [6.07, 6.45) is 2.02. The Hall–Kier alpha value is -1.05. The van der Waals surface area contributed by atoms with Gasteiger partial charge in [0.25, 0.3) is 0 Å². The smallest absolute Gasteiger partial charge is 0.144 e. The topological polar surface area (TPSA) is 22.1 Å². The van der Waals surface area contributed by atoms with E-state index in [0.29, 0.717) is 0 Å². The molecule has 0 amide bonds. The molecule has 0 unspecified atom stereocenters. The van der Waals surface area contributed by atoms with E-state index in [2.05, 4.69) is 39.6 Å². The molecule has 88 valence electrons. The van der Waals surface area contributed by atoms with Crippen molar-refractivity contribution in [2.45, 2.75) is 52.4 Å². The zero-order valence-electron chi connectivity index (χ0n) is 11.1. The number of nitrogens with zero attached hydrogens (tertiary/aromatic N) is 1. The molecule has 0 aliphatic carbocycles. The third-order valence-corrected chi connectivity index (χ3v) is 3.27. The number of hydrogen-bond acceptors (Lipinski definition) is 2. The van der Waals surface area contributed by atoms with Gasteiger partial charge in [-0.1, -0.05) is 34.6 Å². The molecule has 0 spiro atoms. The lowest BCUT2D eigenvalue weighted by molar-refractivity contribution is 0.289. The minimum atomic E-state index is 0.103. The van der Waals surface area contributed by atoms with Crippen LogP contribution in [0.15, 0.2) is 6.20 Å². The first-order valence-electron chi connectivity index (χ1n) is 5.87. The SMILES string of the molecule is Cc1ncc(C(C)(C)C)c2c1OCC2(C)C. The van der Waals surface area contributed by atoms with Crippen LogP contribution in [0.2, 0.25) is 0 Å². The van der Waals surface area contributed by atoms with Crippen molar-refractivity contribution in [1.82, 2.24) is 4.98 Å². The number of ether oxygens (including phenoxy) is 1. The van der Waals surface area contributed by atoms with Crippen molar-refractivity contribution >= 4 is 0 Å². The summed E-state index contributed by atoms with van der Waals surface area (Å²) < 4.78 is 5.82. The minimum Gasteiger partial charge on any atom is -0.490 e. The zero-order chi connectivity index (χ0) is 12.1. The highest BCUT2D eigenvalue weighted by Crippen LogP contribution is 2.45. The number of hydrogen-bond donors (Lipinski definition) is 0. The van der Waals surface area contributed by atoms with E-state index in [1.165, 1.54) is 11.1 Å². The predicted molar refractivity (Wildman–Crippen MR) is 66.2 cm³/mol. The molecule has 2 heterocycles. The molecule has 0 saturated carbocycles. The summed E-state index contributed by atoms with van der Waals surface area (Å²) in [4.78, 5) is 4.46. The zero-order valence-corrected chi connectivity index (χ0v) is 11.1. The van der Waals surface area contributed by atoms with E-state index in [-0.39, 0.29) is 10.8 Å². The maximum Gasteiger partial charge on any atom is 0.144 e. The lowest BCUT2D eigenvalue weighted by atomic mass is 9.76. The summed E-state index contributed by atoms with van der Waals surface area (Å²) in [5.74, 6) is 1.01. The van der Waals surface area contributed by atoms with Crippen LogP contribution < -0.4 is 4.74 Å². The van der Waals surface area contributed by atoms with E-state index in [1.807, 2.05) is 13.1 Å². The van der Waals surface area contributed by atoms with Crippen LogP contribution in [0.5, 0.6) is 5.75 Å². The van der Waals surface area contributed by atoms with Crippen molar-refractivity contribution in [2.24, 2.45) is 0 Å². The maximum atomic E-state index is 5.82. The van der Waals surface area contributed by atoms with Gasteiger partial charge in [-0.2, -0.15) is 0 Å². The van der Waals surface area contributed by atoms with Gasteiger partial charge in [0.2, 0.25) is 0 Å². The van der Waals surface area contributed by atoms with Gasteiger partial charge >= 0.3 is 0 Å². The highest BCUT2D eigenvalue weighted by atomic mass is 16.5. The van der Waals surface area contributed by atoms with Gasteiger partial charge in [-0.3, -0.25) is 4.98 Å². The van der Waals surface area contributed by atoms with Crippen LogP contribution in [0.4, 0.5) is 0 Å². The molecule has 1 aromatic rings. The molecule has 2 nitrogen and oxygen atoms in total. The molecule has 0 N–H and O–H groups in total. The monoisotopic (exact) mass is 219 g/mol. The standard InChI is InChI=1S/C14H21NO/c1-9-12-11(14(5,6)8-16-12)10(7-15-9)13(2,3)4/h7H,8H2,1-6H3. The van der Waals surface area contributed by atoms with Crippen LogP contribution in [-0.2, 0) is 10.8 Å². The van der Waals surface area contributed by atoms with Gasteiger partial charge in [-0.25, -0.2) is 0 Å².